The number of carbonyl (C=O) groups is 1. The number of thiophene rings is 1. The number of thioether (sulfide) groups is 1. The molecule has 3 N–H and O–H groups in total. The molecule has 0 aliphatic carbocycles. The van der Waals surface area contributed by atoms with Crippen molar-refractivity contribution < 1.29 is 4.79 Å². The van der Waals surface area contributed by atoms with Crippen LogP contribution in [-0.4, -0.2) is 35.7 Å². The molecule has 1 atom stereocenters. The van der Waals surface area contributed by atoms with Gasteiger partial charge in [-0.25, -0.2) is 0 Å². The van der Waals surface area contributed by atoms with Gasteiger partial charge in [0.1, 0.15) is 0 Å². The molecule has 2 aromatic rings. The van der Waals surface area contributed by atoms with Crippen molar-refractivity contribution in [2.45, 2.75) is 43.3 Å². The minimum atomic E-state index is -0.865. The lowest BCUT2D eigenvalue weighted by Crippen LogP contribution is -2.51. The van der Waals surface area contributed by atoms with Crippen LogP contribution in [0.3, 0.4) is 0 Å². The van der Waals surface area contributed by atoms with Crippen LogP contribution in [0.2, 0.25) is 0 Å². The first kappa shape index (κ1) is 19.4. The van der Waals surface area contributed by atoms with Gasteiger partial charge in [-0.05, 0) is 61.2 Å². The number of hydrogen-bond donors (Lipinski definition) is 2. The number of amides is 1. The third-order valence-corrected chi connectivity index (χ3v) is 6.59. The zero-order valence-electron chi connectivity index (χ0n) is 15.6. The topological polar surface area (TPSA) is 58.4 Å². The maximum absolute atomic E-state index is 12.3. The Kier molecular flexibility index (Phi) is 6.07. The molecule has 1 aliphatic rings. The van der Waals surface area contributed by atoms with Crippen LogP contribution in [0.5, 0.6) is 0 Å². The Morgan fingerprint density at radius 3 is 2.73 bits per heavy atom. The molecule has 1 aromatic heterocycles. The fourth-order valence-electron chi connectivity index (χ4n) is 3.24. The van der Waals surface area contributed by atoms with Gasteiger partial charge < -0.3 is 11.1 Å². The monoisotopic (exact) mass is 389 g/mol. The van der Waals surface area contributed by atoms with Crippen molar-refractivity contribution >= 4 is 29.0 Å². The molecule has 3 rings (SSSR count). The minimum absolute atomic E-state index is 0.114. The van der Waals surface area contributed by atoms with Gasteiger partial charge >= 0.3 is 0 Å². The normalized spacial score (nSPS) is 16.2. The van der Waals surface area contributed by atoms with Gasteiger partial charge in [0.05, 0.1) is 11.6 Å². The summed E-state index contributed by atoms with van der Waals surface area (Å²) in [5.41, 5.74) is 7.72. The molecule has 1 unspecified atom stereocenters. The molecular weight excluding hydrogens is 362 g/mol. The lowest BCUT2D eigenvalue weighted by molar-refractivity contribution is -0.125. The van der Waals surface area contributed by atoms with E-state index in [9.17, 15) is 4.79 Å². The number of carbonyl (C=O) groups excluding carboxylic acids is 1. The van der Waals surface area contributed by atoms with Crippen LogP contribution in [-0.2, 0) is 17.8 Å². The molecule has 0 radical (unpaired) electrons. The second-order valence-corrected chi connectivity index (χ2v) is 9.19. The van der Waals surface area contributed by atoms with Gasteiger partial charge in [-0.1, -0.05) is 12.1 Å². The molecule has 0 fully saturated rings. The zero-order chi connectivity index (χ0) is 18.7. The number of fused-ring (bicyclic) bond motifs is 1. The second-order valence-electron chi connectivity index (χ2n) is 7.31. The van der Waals surface area contributed by atoms with Crippen LogP contribution in [0.1, 0.15) is 35.9 Å². The molecule has 1 aromatic carbocycles. The van der Waals surface area contributed by atoms with E-state index >= 15 is 0 Å². The van der Waals surface area contributed by atoms with Gasteiger partial charge in [-0.2, -0.15) is 0 Å². The van der Waals surface area contributed by atoms with E-state index in [4.69, 9.17) is 5.73 Å². The summed E-state index contributed by atoms with van der Waals surface area (Å²) in [6, 6.07) is 11.0. The third-order valence-electron chi connectivity index (χ3n) is 4.82. The number of nitrogens with zero attached hydrogens (tertiary/aromatic N) is 1. The number of hydrogen-bond acceptors (Lipinski definition) is 5. The summed E-state index contributed by atoms with van der Waals surface area (Å²) >= 11 is 3.59. The molecule has 1 amide bonds. The van der Waals surface area contributed by atoms with Gasteiger partial charge in [-0.15, -0.1) is 23.1 Å². The zero-order valence-corrected chi connectivity index (χ0v) is 17.3. The van der Waals surface area contributed by atoms with Gasteiger partial charge in [0.25, 0.3) is 0 Å². The third kappa shape index (κ3) is 4.49. The van der Waals surface area contributed by atoms with E-state index in [0.29, 0.717) is 6.54 Å². The summed E-state index contributed by atoms with van der Waals surface area (Å²) in [4.78, 5) is 17.5. The summed E-state index contributed by atoms with van der Waals surface area (Å²) in [7, 11) is 0. The Hall–Kier alpha value is -1.34. The second kappa shape index (κ2) is 8.13. The Bertz CT molecular complexity index is 749. The molecule has 0 saturated heterocycles. The highest BCUT2D eigenvalue weighted by Gasteiger charge is 2.28. The van der Waals surface area contributed by atoms with E-state index in [1.54, 1.807) is 25.6 Å². The Morgan fingerprint density at radius 1 is 1.35 bits per heavy atom. The number of nitrogens with two attached hydrogens (primary N) is 1. The average molecular weight is 390 g/mol. The van der Waals surface area contributed by atoms with Gasteiger partial charge in [0.15, 0.2) is 0 Å². The molecule has 140 valence electrons. The molecule has 4 nitrogen and oxygen atoms in total. The Labute approximate surface area is 164 Å². The Morgan fingerprint density at radius 2 is 2.08 bits per heavy atom. The van der Waals surface area contributed by atoms with Gasteiger partial charge in [0, 0.05) is 29.4 Å². The first-order valence-electron chi connectivity index (χ1n) is 8.89. The summed E-state index contributed by atoms with van der Waals surface area (Å²) in [5.74, 6) is -0.114. The standard InChI is InChI=1S/C20H27N3OS2/c1-20(2,21)19(24)22-12-17(14-4-6-16(25-3)7-5-14)23-10-8-18-15(13-23)9-11-26-18/h4-7,9,11,17H,8,10,12-13,21H2,1-3H3,(H,22,24). The number of nitrogens with one attached hydrogen (secondary N) is 1. The van der Waals surface area contributed by atoms with E-state index in [0.717, 1.165) is 19.5 Å². The molecule has 1 aliphatic heterocycles. The quantitative estimate of drug-likeness (QED) is 0.743. The van der Waals surface area contributed by atoms with Crippen molar-refractivity contribution in [2.75, 3.05) is 19.3 Å². The van der Waals surface area contributed by atoms with Crippen LogP contribution in [0, 0.1) is 0 Å². The summed E-state index contributed by atoms with van der Waals surface area (Å²) in [6.45, 7) is 5.98. The first-order chi connectivity index (χ1) is 12.4. The van der Waals surface area contributed by atoms with Crippen LogP contribution in [0.15, 0.2) is 40.6 Å². The van der Waals surface area contributed by atoms with Crippen LogP contribution >= 0.6 is 23.1 Å². The van der Waals surface area contributed by atoms with Crippen LogP contribution in [0.4, 0.5) is 0 Å². The fraction of sp³-hybridized carbons (Fsp3) is 0.450. The molecule has 6 heteroatoms. The highest BCUT2D eigenvalue weighted by molar-refractivity contribution is 7.98. The van der Waals surface area contributed by atoms with Gasteiger partial charge in [-0.3, -0.25) is 9.69 Å². The minimum Gasteiger partial charge on any atom is -0.353 e. The molecule has 0 bridgehead atoms. The van der Waals surface area contributed by atoms with Crippen molar-refractivity contribution in [1.29, 1.82) is 0 Å². The molecule has 26 heavy (non-hydrogen) atoms. The largest absolute Gasteiger partial charge is 0.353 e. The van der Waals surface area contributed by atoms with Crippen LogP contribution < -0.4 is 11.1 Å². The van der Waals surface area contributed by atoms with Crippen LogP contribution in [0.25, 0.3) is 0 Å². The van der Waals surface area contributed by atoms with E-state index in [2.05, 4.69) is 52.2 Å². The lowest BCUT2D eigenvalue weighted by Gasteiger charge is -2.35. The summed E-state index contributed by atoms with van der Waals surface area (Å²) < 4.78 is 0. The lowest BCUT2D eigenvalue weighted by atomic mass is 10.00. The van der Waals surface area contributed by atoms with E-state index in [1.165, 1.54) is 20.9 Å². The Balaban J connectivity index is 1.80. The highest BCUT2D eigenvalue weighted by Crippen LogP contribution is 2.31. The SMILES string of the molecule is CSc1ccc(C(CNC(=O)C(C)(C)N)N2CCc3sccc3C2)cc1. The summed E-state index contributed by atoms with van der Waals surface area (Å²) in [5, 5.41) is 5.23. The van der Waals surface area contributed by atoms with Crippen molar-refractivity contribution in [3.63, 3.8) is 0 Å². The van der Waals surface area contributed by atoms with Crippen molar-refractivity contribution in [3.05, 3.63) is 51.7 Å². The summed E-state index contributed by atoms with van der Waals surface area (Å²) in [6.07, 6.45) is 3.15. The van der Waals surface area contributed by atoms with Crippen molar-refractivity contribution in [3.8, 4) is 0 Å². The number of rotatable bonds is 6. The molecule has 2 heterocycles. The maximum atomic E-state index is 12.3. The van der Waals surface area contributed by atoms with Crippen molar-refractivity contribution in [2.24, 2.45) is 5.73 Å². The van der Waals surface area contributed by atoms with E-state index in [-0.39, 0.29) is 11.9 Å². The molecule has 0 spiro atoms. The van der Waals surface area contributed by atoms with Gasteiger partial charge in [0.2, 0.25) is 5.91 Å². The van der Waals surface area contributed by atoms with E-state index < -0.39 is 5.54 Å². The first-order valence-corrected chi connectivity index (χ1v) is 11.0. The fourth-order valence-corrected chi connectivity index (χ4v) is 4.54. The predicted molar refractivity (Wildman–Crippen MR) is 111 cm³/mol. The predicted octanol–water partition coefficient (Wildman–Crippen LogP) is 3.42. The smallest absolute Gasteiger partial charge is 0.239 e. The average Bonchev–Trinajstić information content (AvgIpc) is 3.09. The van der Waals surface area contributed by atoms with Crippen molar-refractivity contribution in [1.82, 2.24) is 10.2 Å². The maximum Gasteiger partial charge on any atom is 0.239 e. The highest BCUT2D eigenvalue weighted by atomic mass is 32.2. The number of benzene rings is 1. The molecule has 0 saturated carbocycles. The van der Waals surface area contributed by atoms with E-state index in [1.807, 2.05) is 11.3 Å². The molecular formula is C20H27N3OS2.